The van der Waals surface area contributed by atoms with Gasteiger partial charge in [0, 0.05) is 5.69 Å². The molecular formula is C31H39NO7P2. The van der Waals surface area contributed by atoms with Crippen LogP contribution in [-0.2, 0) is 44.0 Å². The number of fused-ring (bicyclic) bond motifs is 1. The van der Waals surface area contributed by atoms with Crippen LogP contribution >= 0.6 is 15.2 Å². The Hall–Kier alpha value is -2.57. The van der Waals surface area contributed by atoms with Crippen LogP contribution in [0.2, 0.25) is 0 Å². The molecule has 1 atom stereocenters. The lowest BCUT2D eigenvalue weighted by atomic mass is 9.73. The molecule has 41 heavy (non-hydrogen) atoms. The van der Waals surface area contributed by atoms with Crippen molar-refractivity contribution < 1.29 is 32.0 Å². The van der Waals surface area contributed by atoms with Crippen LogP contribution in [0.4, 0.5) is 5.69 Å². The molecule has 220 valence electrons. The minimum atomic E-state index is -4.13. The van der Waals surface area contributed by atoms with Crippen molar-refractivity contribution in [3.63, 3.8) is 0 Å². The molecule has 0 saturated heterocycles. The summed E-state index contributed by atoms with van der Waals surface area (Å²) in [4.78, 5) is 16.6. The summed E-state index contributed by atoms with van der Waals surface area (Å²) < 4.78 is 52.3. The van der Waals surface area contributed by atoms with E-state index in [1.165, 1.54) is 0 Å². The number of hydrogen-bond donors (Lipinski definition) is 0. The normalized spacial score (nSPS) is 17.3. The second-order valence-electron chi connectivity index (χ2n) is 9.60. The maximum absolute atomic E-state index is 14.9. The molecule has 0 saturated carbocycles. The van der Waals surface area contributed by atoms with E-state index in [0.29, 0.717) is 12.1 Å². The van der Waals surface area contributed by atoms with Crippen molar-refractivity contribution in [1.82, 2.24) is 0 Å². The summed E-state index contributed by atoms with van der Waals surface area (Å²) in [5.41, 5.74) is 1.72. The molecule has 0 N–H and O–H groups in total. The third-order valence-corrected chi connectivity index (χ3v) is 13.2. The number of carbonyl (C=O) groups excluding carboxylic acids is 1. The zero-order chi connectivity index (χ0) is 29.5. The number of nitrogens with zero attached hydrogens (tertiary/aromatic N) is 1. The number of hydrogen-bond acceptors (Lipinski definition) is 7. The first-order valence-corrected chi connectivity index (χ1v) is 17.3. The molecule has 1 heterocycles. The Morgan fingerprint density at radius 3 is 1.66 bits per heavy atom. The second-order valence-corrected chi connectivity index (χ2v) is 14.4. The van der Waals surface area contributed by atoms with Gasteiger partial charge in [-0.1, -0.05) is 78.9 Å². The Kier molecular flexibility index (Phi) is 10.4. The fourth-order valence-corrected chi connectivity index (χ4v) is 11.0. The largest absolute Gasteiger partial charge is 0.345 e. The average molecular weight is 600 g/mol. The summed E-state index contributed by atoms with van der Waals surface area (Å²) >= 11 is 0. The predicted octanol–water partition coefficient (Wildman–Crippen LogP) is 7.77. The third kappa shape index (κ3) is 6.15. The maximum atomic E-state index is 14.9. The zero-order valence-corrected chi connectivity index (χ0v) is 25.9. The van der Waals surface area contributed by atoms with Gasteiger partial charge < -0.3 is 23.0 Å². The van der Waals surface area contributed by atoms with Crippen molar-refractivity contribution in [3.05, 3.63) is 102 Å². The van der Waals surface area contributed by atoms with E-state index in [1.54, 1.807) is 32.6 Å². The van der Waals surface area contributed by atoms with E-state index < -0.39 is 26.0 Å². The highest BCUT2D eigenvalue weighted by Gasteiger charge is 2.60. The zero-order valence-electron chi connectivity index (χ0n) is 24.1. The number of benzene rings is 3. The highest BCUT2D eigenvalue weighted by atomic mass is 31.2. The molecule has 0 spiro atoms. The van der Waals surface area contributed by atoms with E-state index in [1.807, 2.05) is 84.9 Å². The summed E-state index contributed by atoms with van der Waals surface area (Å²) in [6.07, 6.45) is -0.174. The molecule has 0 unspecified atom stereocenters. The molecule has 1 amide bonds. The lowest BCUT2D eigenvalue weighted by molar-refractivity contribution is -0.122. The van der Waals surface area contributed by atoms with E-state index in [4.69, 9.17) is 18.1 Å². The molecule has 3 aromatic rings. The number of rotatable bonds is 15. The van der Waals surface area contributed by atoms with Crippen LogP contribution in [0, 0.1) is 0 Å². The number of carbonyl (C=O) groups is 1. The van der Waals surface area contributed by atoms with E-state index >= 15 is 0 Å². The minimum absolute atomic E-state index is 0.0506. The first-order valence-electron chi connectivity index (χ1n) is 14.1. The smallest absolute Gasteiger partial charge is 0.308 e. The van der Waals surface area contributed by atoms with E-state index in [9.17, 15) is 13.9 Å². The van der Waals surface area contributed by atoms with Crippen molar-refractivity contribution in [1.29, 1.82) is 0 Å². The van der Waals surface area contributed by atoms with E-state index in [2.05, 4.69) is 0 Å². The van der Waals surface area contributed by atoms with Gasteiger partial charge in [-0.05, 0) is 56.9 Å². The van der Waals surface area contributed by atoms with Gasteiger partial charge in [0.1, 0.15) is 5.41 Å². The fraction of sp³-hybridized carbons (Fsp3) is 0.387. The van der Waals surface area contributed by atoms with Gasteiger partial charge >= 0.3 is 15.2 Å². The highest BCUT2D eigenvalue weighted by Crippen LogP contribution is 2.73. The maximum Gasteiger partial charge on any atom is 0.345 e. The molecule has 0 aromatic heterocycles. The van der Waals surface area contributed by atoms with Crippen LogP contribution in [0.5, 0.6) is 0 Å². The first-order chi connectivity index (χ1) is 19.8. The summed E-state index contributed by atoms with van der Waals surface area (Å²) in [5.74, 6) is -0.224. The Morgan fingerprint density at radius 2 is 1.15 bits per heavy atom. The fourth-order valence-electron chi connectivity index (χ4n) is 5.57. The van der Waals surface area contributed by atoms with Crippen molar-refractivity contribution in [2.45, 2.75) is 51.5 Å². The van der Waals surface area contributed by atoms with Gasteiger partial charge in [-0.15, -0.1) is 0 Å². The van der Waals surface area contributed by atoms with Crippen LogP contribution in [0.3, 0.4) is 0 Å². The second kappa shape index (κ2) is 13.6. The Bertz CT molecular complexity index is 1350. The Morgan fingerprint density at radius 1 is 0.683 bits per heavy atom. The SMILES string of the molecule is CCOP(=O)(OCC)C(C[C@]1(c2ccccc2)C(=O)N(Cc2ccccc2)c2ccccc21)P(=O)(OCC)OCC. The van der Waals surface area contributed by atoms with Gasteiger partial charge in [-0.25, -0.2) is 0 Å². The topological polar surface area (TPSA) is 91.4 Å². The molecule has 1 aliphatic heterocycles. The molecule has 4 rings (SSSR count). The molecule has 0 fully saturated rings. The summed E-state index contributed by atoms with van der Waals surface area (Å²) in [6, 6.07) is 26.6. The van der Waals surface area contributed by atoms with Crippen molar-refractivity contribution in [2.75, 3.05) is 31.3 Å². The van der Waals surface area contributed by atoms with Crippen molar-refractivity contribution in [2.24, 2.45) is 0 Å². The van der Waals surface area contributed by atoms with Gasteiger partial charge in [0.15, 0.2) is 5.40 Å². The van der Waals surface area contributed by atoms with E-state index in [-0.39, 0.29) is 38.8 Å². The molecular weight excluding hydrogens is 560 g/mol. The van der Waals surface area contributed by atoms with Crippen LogP contribution in [0.15, 0.2) is 84.9 Å². The summed E-state index contributed by atoms with van der Waals surface area (Å²) in [5, 5.41) is -1.37. The van der Waals surface area contributed by atoms with Gasteiger partial charge in [0.05, 0.1) is 33.0 Å². The van der Waals surface area contributed by atoms with Gasteiger partial charge in [0.25, 0.3) is 0 Å². The summed E-state index contributed by atoms with van der Waals surface area (Å²) in [6.45, 7) is 7.31. The average Bonchev–Trinajstić information content (AvgIpc) is 3.21. The lowest BCUT2D eigenvalue weighted by Gasteiger charge is -2.37. The van der Waals surface area contributed by atoms with E-state index in [0.717, 1.165) is 16.8 Å². The molecule has 0 aliphatic carbocycles. The molecule has 8 nitrogen and oxygen atoms in total. The monoisotopic (exact) mass is 599 g/mol. The standard InChI is InChI=1S/C31H39NO7P2/c1-5-36-40(34,37-6-2)29(41(35,38-7-3)39-8-4)23-31(26-19-13-10-14-20-26)27-21-15-16-22-28(27)32(30(31)33)24-25-17-11-9-12-18-25/h9-22,29H,5-8,23-24H2,1-4H3/t31-/m1/s1. The molecule has 10 heteroatoms. The van der Waals surface area contributed by atoms with Crippen LogP contribution in [0.1, 0.15) is 50.8 Å². The van der Waals surface area contributed by atoms with Crippen LogP contribution in [-0.4, -0.2) is 37.7 Å². The molecule has 0 bridgehead atoms. The third-order valence-electron chi connectivity index (χ3n) is 7.17. The van der Waals surface area contributed by atoms with Gasteiger partial charge in [-0.2, -0.15) is 0 Å². The van der Waals surface area contributed by atoms with Gasteiger partial charge in [0.2, 0.25) is 5.91 Å². The number of anilines is 1. The molecule has 0 radical (unpaired) electrons. The summed E-state index contributed by atoms with van der Waals surface area (Å²) in [7, 11) is -8.27. The highest BCUT2D eigenvalue weighted by molar-refractivity contribution is 7.72. The Balaban J connectivity index is 1.98. The Labute approximate surface area is 243 Å². The predicted molar refractivity (Wildman–Crippen MR) is 161 cm³/mol. The lowest BCUT2D eigenvalue weighted by Crippen LogP contribution is -2.43. The van der Waals surface area contributed by atoms with Crippen LogP contribution in [0.25, 0.3) is 0 Å². The minimum Gasteiger partial charge on any atom is -0.308 e. The molecule has 3 aromatic carbocycles. The quantitative estimate of drug-likeness (QED) is 0.165. The van der Waals surface area contributed by atoms with Crippen molar-refractivity contribution >= 4 is 26.8 Å². The van der Waals surface area contributed by atoms with Crippen LogP contribution < -0.4 is 4.90 Å². The number of amides is 1. The molecule has 1 aliphatic rings. The first kappa shape index (κ1) is 31.4. The van der Waals surface area contributed by atoms with Gasteiger partial charge in [-0.3, -0.25) is 13.9 Å². The number of para-hydroxylation sites is 1. The van der Waals surface area contributed by atoms with Crippen molar-refractivity contribution in [3.8, 4) is 0 Å².